The molecule has 0 aliphatic rings. The maximum absolute atomic E-state index is 12.2. The Morgan fingerprint density at radius 3 is 2.83 bits per heavy atom. The Kier molecular flexibility index (Phi) is 4.74. The van der Waals surface area contributed by atoms with Crippen LogP contribution in [0, 0.1) is 10.1 Å². The third kappa shape index (κ3) is 3.21. The van der Waals surface area contributed by atoms with Gasteiger partial charge in [-0.2, -0.15) is 5.10 Å². The zero-order chi connectivity index (χ0) is 17.1. The monoisotopic (exact) mass is 386 g/mol. The number of halogens is 1. The van der Waals surface area contributed by atoms with E-state index in [-0.39, 0.29) is 28.2 Å². The minimum Gasteiger partial charge on any atom is -0.462 e. The van der Waals surface area contributed by atoms with Gasteiger partial charge in [-0.15, -0.1) is 5.10 Å². The molecule has 2 rings (SSSR count). The second-order valence-corrected chi connectivity index (χ2v) is 4.99. The molecule has 0 spiro atoms. The van der Waals surface area contributed by atoms with Gasteiger partial charge in [0.2, 0.25) is 0 Å². The molecule has 0 bridgehead atoms. The van der Waals surface area contributed by atoms with Gasteiger partial charge >= 0.3 is 11.8 Å². The average Bonchev–Trinajstić information content (AvgIpc) is 3.03. The number of esters is 1. The number of nitro groups is 1. The van der Waals surface area contributed by atoms with Gasteiger partial charge in [0.15, 0.2) is 5.69 Å². The standard InChI is InChI=1S/C11H11BrN6O5/c1-3-23-11(20)5-4-13-17(2)8(5)14-10(19)7-6(12)9(16-15-7)18(21)22/h4H,3H2,1-2H3,(H,14,19)(H,15,16). The Morgan fingerprint density at radius 1 is 1.57 bits per heavy atom. The summed E-state index contributed by atoms with van der Waals surface area (Å²) in [5, 5.41) is 22.8. The molecule has 2 aromatic heterocycles. The summed E-state index contributed by atoms with van der Waals surface area (Å²) in [6.45, 7) is 1.81. The lowest BCUT2D eigenvalue weighted by molar-refractivity contribution is -0.390. The molecular formula is C11H11BrN6O5. The number of nitrogens with zero attached hydrogens (tertiary/aromatic N) is 4. The van der Waals surface area contributed by atoms with E-state index in [1.807, 2.05) is 0 Å². The number of H-pyrrole nitrogens is 1. The number of hydrogen-bond acceptors (Lipinski definition) is 7. The van der Waals surface area contributed by atoms with Crippen molar-refractivity contribution >= 4 is 39.4 Å². The molecule has 1 amide bonds. The summed E-state index contributed by atoms with van der Waals surface area (Å²) in [7, 11) is 1.51. The van der Waals surface area contributed by atoms with Crippen LogP contribution < -0.4 is 5.32 Å². The highest BCUT2D eigenvalue weighted by molar-refractivity contribution is 9.10. The van der Waals surface area contributed by atoms with Crippen LogP contribution in [-0.2, 0) is 11.8 Å². The van der Waals surface area contributed by atoms with E-state index in [9.17, 15) is 19.7 Å². The number of ether oxygens (including phenoxy) is 1. The SMILES string of the molecule is CCOC(=O)c1cnn(C)c1NC(=O)c1n[nH]c([N+](=O)[O-])c1Br. The van der Waals surface area contributed by atoms with Crippen molar-refractivity contribution in [1.82, 2.24) is 20.0 Å². The second kappa shape index (κ2) is 6.56. The fourth-order valence-electron chi connectivity index (χ4n) is 1.70. The zero-order valence-electron chi connectivity index (χ0n) is 12.0. The fraction of sp³-hybridized carbons (Fsp3) is 0.273. The van der Waals surface area contributed by atoms with Crippen LogP contribution in [0.1, 0.15) is 27.8 Å². The Morgan fingerprint density at radius 2 is 2.26 bits per heavy atom. The number of aryl methyl sites for hydroxylation is 1. The number of nitrogens with one attached hydrogen (secondary N) is 2. The van der Waals surface area contributed by atoms with E-state index >= 15 is 0 Å². The molecule has 11 nitrogen and oxygen atoms in total. The summed E-state index contributed by atoms with van der Waals surface area (Å²) in [5.74, 6) is -1.77. The van der Waals surface area contributed by atoms with Crippen LogP contribution in [0.5, 0.6) is 0 Å². The first kappa shape index (κ1) is 16.6. The number of amides is 1. The average molecular weight is 387 g/mol. The molecule has 0 aromatic carbocycles. The lowest BCUT2D eigenvalue weighted by atomic mass is 10.3. The van der Waals surface area contributed by atoms with Crippen LogP contribution in [0.3, 0.4) is 0 Å². The Bertz CT molecular complexity index is 782. The van der Waals surface area contributed by atoms with Crippen LogP contribution >= 0.6 is 15.9 Å². The minimum absolute atomic E-state index is 0.0591. The van der Waals surface area contributed by atoms with Crippen molar-refractivity contribution in [3.63, 3.8) is 0 Å². The maximum Gasteiger partial charge on any atom is 0.357 e. The third-order valence-corrected chi connectivity index (χ3v) is 3.50. The van der Waals surface area contributed by atoms with Crippen LogP contribution in [0.4, 0.5) is 11.6 Å². The highest BCUT2D eigenvalue weighted by Gasteiger charge is 2.27. The summed E-state index contributed by atoms with van der Waals surface area (Å²) >= 11 is 2.94. The maximum atomic E-state index is 12.2. The Hall–Kier alpha value is -2.76. The Balaban J connectivity index is 2.29. The number of aromatic nitrogens is 4. The van der Waals surface area contributed by atoms with E-state index < -0.39 is 22.6 Å². The van der Waals surface area contributed by atoms with Crippen LogP contribution in [0.15, 0.2) is 10.7 Å². The van der Waals surface area contributed by atoms with E-state index in [2.05, 4.69) is 36.5 Å². The van der Waals surface area contributed by atoms with E-state index in [0.717, 1.165) is 0 Å². The van der Waals surface area contributed by atoms with Gasteiger partial charge in [-0.3, -0.25) is 9.48 Å². The van der Waals surface area contributed by atoms with Crippen molar-refractivity contribution < 1.29 is 19.2 Å². The summed E-state index contributed by atoms with van der Waals surface area (Å²) in [4.78, 5) is 34.0. The summed E-state index contributed by atoms with van der Waals surface area (Å²) in [5.41, 5.74) is -0.170. The molecule has 23 heavy (non-hydrogen) atoms. The molecule has 0 radical (unpaired) electrons. The fourth-order valence-corrected chi connectivity index (χ4v) is 2.20. The van der Waals surface area contributed by atoms with Crippen molar-refractivity contribution in [3.8, 4) is 0 Å². The molecular weight excluding hydrogens is 376 g/mol. The predicted molar refractivity (Wildman–Crippen MR) is 80.1 cm³/mol. The normalized spacial score (nSPS) is 10.4. The molecule has 0 aliphatic heterocycles. The number of rotatable bonds is 5. The lowest BCUT2D eigenvalue weighted by Crippen LogP contribution is -2.18. The molecule has 12 heteroatoms. The number of hydrogen-bond donors (Lipinski definition) is 2. The molecule has 0 saturated heterocycles. The molecule has 2 heterocycles. The smallest absolute Gasteiger partial charge is 0.357 e. The number of carbonyl (C=O) groups is 2. The molecule has 2 N–H and O–H groups in total. The summed E-state index contributed by atoms with van der Waals surface area (Å²) in [6, 6.07) is 0. The van der Waals surface area contributed by atoms with Gasteiger partial charge in [-0.25, -0.2) is 4.79 Å². The van der Waals surface area contributed by atoms with Gasteiger partial charge in [0.05, 0.1) is 12.8 Å². The highest BCUT2D eigenvalue weighted by atomic mass is 79.9. The first-order chi connectivity index (χ1) is 10.9. The second-order valence-electron chi connectivity index (χ2n) is 4.20. The van der Waals surface area contributed by atoms with Crippen LogP contribution in [0.25, 0.3) is 0 Å². The third-order valence-electron chi connectivity index (χ3n) is 2.75. The molecule has 122 valence electrons. The van der Waals surface area contributed by atoms with Gasteiger partial charge in [-0.05, 0) is 27.8 Å². The predicted octanol–water partition coefficient (Wildman–Crippen LogP) is 1.24. The topological polar surface area (TPSA) is 145 Å². The molecule has 0 saturated carbocycles. The van der Waals surface area contributed by atoms with E-state index in [4.69, 9.17) is 4.74 Å². The molecule has 0 unspecified atom stereocenters. The van der Waals surface area contributed by atoms with Crippen LogP contribution in [0.2, 0.25) is 0 Å². The van der Waals surface area contributed by atoms with Crippen molar-refractivity contribution in [2.24, 2.45) is 7.05 Å². The zero-order valence-corrected chi connectivity index (χ0v) is 13.6. The molecule has 0 fully saturated rings. The Labute approximate surface area is 137 Å². The first-order valence-corrected chi connectivity index (χ1v) is 7.04. The quantitative estimate of drug-likeness (QED) is 0.446. The van der Waals surface area contributed by atoms with Crippen molar-refractivity contribution in [2.45, 2.75) is 6.92 Å². The molecule has 0 atom stereocenters. The van der Waals surface area contributed by atoms with E-state index in [1.54, 1.807) is 6.92 Å². The van der Waals surface area contributed by atoms with Gasteiger partial charge in [-0.1, -0.05) is 5.10 Å². The summed E-state index contributed by atoms with van der Waals surface area (Å²) in [6.07, 6.45) is 1.25. The van der Waals surface area contributed by atoms with Crippen molar-refractivity contribution in [1.29, 1.82) is 0 Å². The van der Waals surface area contributed by atoms with E-state index in [0.29, 0.717) is 0 Å². The largest absolute Gasteiger partial charge is 0.462 e. The van der Waals surface area contributed by atoms with Gasteiger partial charge < -0.3 is 20.2 Å². The van der Waals surface area contributed by atoms with Crippen molar-refractivity contribution in [2.75, 3.05) is 11.9 Å². The van der Waals surface area contributed by atoms with Crippen LogP contribution in [-0.4, -0.2) is 43.4 Å². The highest BCUT2D eigenvalue weighted by Crippen LogP contribution is 2.26. The summed E-state index contributed by atoms with van der Waals surface area (Å²) < 4.78 is 6.03. The number of anilines is 1. The molecule has 0 aliphatic carbocycles. The van der Waals surface area contributed by atoms with Gasteiger partial charge in [0.1, 0.15) is 15.9 Å². The lowest BCUT2D eigenvalue weighted by Gasteiger charge is -2.06. The molecule has 2 aromatic rings. The van der Waals surface area contributed by atoms with Crippen molar-refractivity contribution in [3.05, 3.63) is 32.0 Å². The number of aromatic amines is 1. The van der Waals surface area contributed by atoms with Gasteiger partial charge in [0, 0.05) is 7.05 Å². The van der Waals surface area contributed by atoms with Gasteiger partial charge in [0.25, 0.3) is 5.91 Å². The van der Waals surface area contributed by atoms with E-state index in [1.165, 1.54) is 17.9 Å². The minimum atomic E-state index is -0.754. The first-order valence-electron chi connectivity index (χ1n) is 6.25. The number of carbonyl (C=O) groups excluding carboxylic acids is 2.